The lowest BCUT2D eigenvalue weighted by atomic mass is 10.2. The quantitative estimate of drug-likeness (QED) is 0.811. The van der Waals surface area contributed by atoms with Crippen LogP contribution in [0.2, 0.25) is 5.02 Å². The molecule has 2 rings (SSSR count). The van der Waals surface area contributed by atoms with Crippen molar-refractivity contribution >= 4 is 23.4 Å². The summed E-state index contributed by atoms with van der Waals surface area (Å²) in [5, 5.41) is 9.18. The van der Waals surface area contributed by atoms with Crippen molar-refractivity contribution in [3.8, 4) is 6.07 Å². The third-order valence-corrected chi connectivity index (χ3v) is 3.07. The maximum absolute atomic E-state index is 11.6. The van der Waals surface area contributed by atoms with Crippen LogP contribution in [0.15, 0.2) is 18.2 Å². The number of halogens is 1. The topological polar surface area (TPSA) is 53.3 Å². The molecule has 0 aromatic heterocycles. The zero-order chi connectivity index (χ0) is 12.4. The number of carbonyl (C=O) groups is 1. The zero-order valence-electron chi connectivity index (χ0n) is 9.31. The Morgan fingerprint density at radius 2 is 2.41 bits per heavy atom. The number of ether oxygens (including phenoxy) is 1. The van der Waals surface area contributed by atoms with Crippen LogP contribution in [0.5, 0.6) is 0 Å². The highest BCUT2D eigenvalue weighted by atomic mass is 35.5. The number of hydrogen-bond donors (Lipinski definition) is 0. The van der Waals surface area contributed by atoms with Gasteiger partial charge in [0.15, 0.2) is 0 Å². The molecule has 1 fully saturated rings. The van der Waals surface area contributed by atoms with Gasteiger partial charge in [-0.1, -0.05) is 17.7 Å². The fourth-order valence-corrected chi connectivity index (χ4v) is 1.86. The number of aryl methyl sites for hydroxylation is 1. The first-order valence-corrected chi connectivity index (χ1v) is 5.61. The van der Waals surface area contributed by atoms with E-state index in [4.69, 9.17) is 21.6 Å². The van der Waals surface area contributed by atoms with E-state index < -0.39 is 6.09 Å². The molecule has 1 saturated heterocycles. The lowest BCUT2D eigenvalue weighted by molar-refractivity contribution is 0.143. The maximum atomic E-state index is 11.6. The molecule has 1 aliphatic heterocycles. The number of rotatable bonds is 2. The third kappa shape index (κ3) is 2.34. The van der Waals surface area contributed by atoms with E-state index in [1.54, 1.807) is 6.07 Å². The van der Waals surface area contributed by atoms with Gasteiger partial charge in [0, 0.05) is 10.7 Å². The molecule has 1 heterocycles. The number of cyclic esters (lactones) is 1. The first kappa shape index (κ1) is 11.7. The second-order valence-electron chi connectivity index (χ2n) is 3.91. The molecule has 17 heavy (non-hydrogen) atoms. The molecule has 0 N–H and O–H groups in total. The van der Waals surface area contributed by atoms with Gasteiger partial charge in [0.05, 0.1) is 19.0 Å². The average molecular weight is 251 g/mol. The van der Waals surface area contributed by atoms with Crippen LogP contribution >= 0.6 is 11.6 Å². The molecule has 0 bridgehead atoms. The fraction of sp³-hybridized carbons (Fsp3) is 0.333. The first-order chi connectivity index (χ1) is 8.11. The predicted molar refractivity (Wildman–Crippen MR) is 64.0 cm³/mol. The van der Waals surface area contributed by atoms with Crippen LogP contribution in [0.1, 0.15) is 12.0 Å². The molecule has 1 aromatic carbocycles. The van der Waals surface area contributed by atoms with Crippen molar-refractivity contribution in [1.82, 2.24) is 0 Å². The van der Waals surface area contributed by atoms with Crippen molar-refractivity contribution in [2.24, 2.45) is 0 Å². The van der Waals surface area contributed by atoms with Gasteiger partial charge in [-0.05, 0) is 24.6 Å². The lowest BCUT2D eigenvalue weighted by Crippen LogP contribution is -2.24. The Balaban J connectivity index is 2.20. The Labute approximate surface area is 104 Å². The summed E-state index contributed by atoms with van der Waals surface area (Å²) >= 11 is 6.01. The Kier molecular flexibility index (Phi) is 3.21. The summed E-state index contributed by atoms with van der Waals surface area (Å²) in [6.07, 6.45) is -0.570. The third-order valence-electron chi connectivity index (χ3n) is 2.66. The molecule has 0 saturated carbocycles. The van der Waals surface area contributed by atoms with Gasteiger partial charge in [0.1, 0.15) is 6.10 Å². The summed E-state index contributed by atoms with van der Waals surface area (Å²) < 4.78 is 5.06. The lowest BCUT2D eigenvalue weighted by Gasteiger charge is -2.13. The number of anilines is 1. The second kappa shape index (κ2) is 4.64. The van der Waals surface area contributed by atoms with Gasteiger partial charge in [-0.25, -0.2) is 4.79 Å². The molecule has 1 amide bonds. The number of nitrogens with zero attached hydrogens (tertiary/aromatic N) is 2. The van der Waals surface area contributed by atoms with Gasteiger partial charge < -0.3 is 4.74 Å². The van der Waals surface area contributed by atoms with E-state index in [9.17, 15) is 4.79 Å². The Morgan fingerprint density at radius 3 is 3.06 bits per heavy atom. The molecule has 5 heteroatoms. The molecule has 1 aromatic rings. The van der Waals surface area contributed by atoms with Crippen LogP contribution < -0.4 is 4.90 Å². The van der Waals surface area contributed by atoms with Gasteiger partial charge in [-0.15, -0.1) is 0 Å². The van der Waals surface area contributed by atoms with Crippen LogP contribution in [0.25, 0.3) is 0 Å². The highest BCUT2D eigenvalue weighted by molar-refractivity contribution is 6.31. The number of nitriles is 1. The monoisotopic (exact) mass is 250 g/mol. The van der Waals surface area contributed by atoms with E-state index >= 15 is 0 Å². The summed E-state index contributed by atoms with van der Waals surface area (Å²) in [6, 6.07) is 7.39. The van der Waals surface area contributed by atoms with E-state index in [1.165, 1.54) is 4.90 Å². The van der Waals surface area contributed by atoms with Crippen LogP contribution in [0, 0.1) is 18.3 Å². The smallest absolute Gasteiger partial charge is 0.414 e. The molecule has 0 aliphatic carbocycles. The van der Waals surface area contributed by atoms with Crippen LogP contribution in [0.4, 0.5) is 10.5 Å². The summed E-state index contributed by atoms with van der Waals surface area (Å²) in [5.74, 6) is 0. The summed E-state index contributed by atoms with van der Waals surface area (Å²) in [4.78, 5) is 13.1. The second-order valence-corrected chi connectivity index (χ2v) is 4.32. The number of carbonyl (C=O) groups excluding carboxylic acids is 1. The van der Waals surface area contributed by atoms with Crippen LogP contribution in [-0.2, 0) is 4.74 Å². The molecular formula is C12H11ClN2O2. The molecule has 1 aliphatic rings. The number of amides is 1. The molecule has 0 radical (unpaired) electrons. The molecule has 0 spiro atoms. The molecule has 1 unspecified atom stereocenters. The van der Waals surface area contributed by atoms with Gasteiger partial charge in [-0.2, -0.15) is 5.26 Å². The van der Waals surface area contributed by atoms with Crippen molar-refractivity contribution in [3.05, 3.63) is 28.8 Å². The number of hydrogen-bond acceptors (Lipinski definition) is 3. The van der Waals surface area contributed by atoms with Crippen molar-refractivity contribution in [3.63, 3.8) is 0 Å². The molecule has 1 atom stereocenters. The molecular weight excluding hydrogens is 240 g/mol. The Bertz CT molecular complexity index is 496. The minimum absolute atomic E-state index is 0.210. The van der Waals surface area contributed by atoms with E-state index in [-0.39, 0.29) is 12.5 Å². The van der Waals surface area contributed by atoms with Crippen molar-refractivity contribution in [2.75, 3.05) is 11.4 Å². The zero-order valence-corrected chi connectivity index (χ0v) is 10.1. The Hall–Kier alpha value is -1.73. The largest absolute Gasteiger partial charge is 0.443 e. The summed E-state index contributed by atoms with van der Waals surface area (Å²) in [7, 11) is 0. The molecule has 4 nitrogen and oxygen atoms in total. The van der Waals surface area contributed by atoms with Crippen molar-refractivity contribution in [2.45, 2.75) is 19.4 Å². The summed E-state index contributed by atoms with van der Waals surface area (Å²) in [5.41, 5.74) is 1.66. The van der Waals surface area contributed by atoms with Crippen LogP contribution in [0.3, 0.4) is 0 Å². The Morgan fingerprint density at radius 1 is 1.65 bits per heavy atom. The van der Waals surface area contributed by atoms with E-state index in [2.05, 4.69) is 0 Å². The van der Waals surface area contributed by atoms with E-state index in [1.807, 2.05) is 25.1 Å². The van der Waals surface area contributed by atoms with Gasteiger partial charge in [-0.3, -0.25) is 4.90 Å². The normalized spacial score (nSPS) is 19.0. The van der Waals surface area contributed by atoms with Crippen LogP contribution in [-0.4, -0.2) is 18.7 Å². The number of benzene rings is 1. The maximum Gasteiger partial charge on any atom is 0.414 e. The predicted octanol–water partition coefficient (Wildman–Crippen LogP) is 2.89. The highest BCUT2D eigenvalue weighted by Gasteiger charge is 2.32. The average Bonchev–Trinajstić information content (AvgIpc) is 2.64. The van der Waals surface area contributed by atoms with E-state index in [0.29, 0.717) is 17.3 Å². The standard InChI is InChI=1S/C12H11ClN2O2/c1-8-2-3-9(6-11(8)13)15-7-10(4-5-14)17-12(15)16/h2-3,6,10H,4,7H2,1H3. The SMILES string of the molecule is Cc1ccc(N2CC(CC#N)OC2=O)cc1Cl. The summed E-state index contributed by atoms with van der Waals surface area (Å²) in [6.45, 7) is 2.29. The first-order valence-electron chi connectivity index (χ1n) is 5.23. The van der Waals surface area contributed by atoms with Gasteiger partial charge >= 0.3 is 6.09 Å². The van der Waals surface area contributed by atoms with Gasteiger partial charge in [0.25, 0.3) is 0 Å². The van der Waals surface area contributed by atoms with E-state index in [0.717, 1.165) is 5.56 Å². The highest BCUT2D eigenvalue weighted by Crippen LogP contribution is 2.27. The minimum atomic E-state index is -0.426. The minimum Gasteiger partial charge on any atom is -0.443 e. The van der Waals surface area contributed by atoms with Crippen molar-refractivity contribution in [1.29, 1.82) is 5.26 Å². The molecule has 88 valence electrons. The van der Waals surface area contributed by atoms with Crippen molar-refractivity contribution < 1.29 is 9.53 Å². The fourth-order valence-electron chi connectivity index (χ4n) is 1.69. The van der Waals surface area contributed by atoms with Gasteiger partial charge in [0.2, 0.25) is 0 Å².